The van der Waals surface area contributed by atoms with Gasteiger partial charge in [-0.2, -0.15) is 0 Å². The maximum atomic E-state index is 14.9. The summed E-state index contributed by atoms with van der Waals surface area (Å²) >= 11 is -2.46. The average Bonchev–Trinajstić information content (AvgIpc) is 3.59. The topological polar surface area (TPSA) is 69.6 Å². The van der Waals surface area contributed by atoms with E-state index in [2.05, 4.69) is 5.32 Å². The van der Waals surface area contributed by atoms with Gasteiger partial charge in [-0.05, 0) is 61.2 Å². The lowest BCUT2D eigenvalue weighted by molar-refractivity contribution is 0.101. The van der Waals surface area contributed by atoms with E-state index in [4.69, 9.17) is 0 Å². The molecule has 1 aliphatic carbocycles. The molecule has 0 amide bonds. The summed E-state index contributed by atoms with van der Waals surface area (Å²) in [4.78, 5) is 11.6. The van der Waals surface area contributed by atoms with E-state index in [0.717, 1.165) is 10.4 Å². The van der Waals surface area contributed by atoms with E-state index >= 15 is 0 Å². The van der Waals surface area contributed by atoms with E-state index in [1.807, 2.05) is 0 Å². The van der Waals surface area contributed by atoms with Gasteiger partial charge in [0.2, 0.25) is 0 Å². The highest BCUT2D eigenvalue weighted by Crippen LogP contribution is 2.40. The van der Waals surface area contributed by atoms with Gasteiger partial charge in [-0.3, -0.25) is 13.7 Å². The number of Topliss-reactive ketones (excluding diaryl/α,β-unsaturated/α-hetero) is 1. The molecule has 0 saturated heterocycles. The first kappa shape index (κ1) is 22.0. The molecule has 3 aromatic rings. The number of benzene rings is 3. The first-order valence-corrected chi connectivity index (χ1v) is 10.9. The Labute approximate surface area is 185 Å². The van der Waals surface area contributed by atoms with Crippen molar-refractivity contribution in [3.8, 4) is 11.1 Å². The Bertz CT molecular complexity index is 1230. The fourth-order valence-electron chi connectivity index (χ4n) is 3.41. The van der Waals surface area contributed by atoms with Crippen molar-refractivity contribution < 1.29 is 26.7 Å². The van der Waals surface area contributed by atoms with Gasteiger partial charge in [-0.15, -0.1) is 0 Å². The molecule has 0 spiro atoms. The fraction of sp³-hybridized carbons (Fsp3) is 0.174. The summed E-state index contributed by atoms with van der Waals surface area (Å²) in [5.74, 6) is -3.32. The minimum Gasteiger partial charge on any atom is -0.349 e. The molecule has 1 saturated carbocycles. The van der Waals surface area contributed by atoms with Crippen LogP contribution in [0.1, 0.15) is 30.1 Å². The molecule has 166 valence electrons. The fourth-order valence-corrected chi connectivity index (χ4v) is 4.20. The standard InChI is InChI=1S/C23H19F3N2O3S/c1-13(29)14-3-2-4-15(11-14)16-5-9-20(19(25)12-16)27-23-21(10-8-18(24)22(23)26)28(32(30)31)17-6-7-17/h2-5,8-12,17,27H,6-7H2,1H3,(H,30,31). The second-order valence-corrected chi connectivity index (χ2v) is 8.35. The van der Waals surface area contributed by atoms with Crippen molar-refractivity contribution >= 4 is 34.1 Å². The van der Waals surface area contributed by atoms with Crippen molar-refractivity contribution in [3.63, 3.8) is 0 Å². The monoisotopic (exact) mass is 460 g/mol. The van der Waals surface area contributed by atoms with Crippen LogP contribution < -0.4 is 9.62 Å². The Balaban J connectivity index is 1.71. The first-order chi connectivity index (χ1) is 15.3. The maximum absolute atomic E-state index is 14.9. The molecule has 2 N–H and O–H groups in total. The molecule has 1 aliphatic rings. The Morgan fingerprint density at radius 2 is 1.75 bits per heavy atom. The van der Waals surface area contributed by atoms with Crippen LogP contribution in [0.2, 0.25) is 0 Å². The molecule has 0 radical (unpaired) electrons. The van der Waals surface area contributed by atoms with Gasteiger partial charge in [-0.1, -0.05) is 24.3 Å². The Morgan fingerprint density at radius 1 is 1.03 bits per heavy atom. The molecule has 1 fully saturated rings. The van der Waals surface area contributed by atoms with Gasteiger partial charge in [0.1, 0.15) is 11.5 Å². The van der Waals surface area contributed by atoms with Crippen molar-refractivity contribution in [2.75, 3.05) is 9.62 Å². The van der Waals surface area contributed by atoms with Gasteiger partial charge in [0, 0.05) is 11.6 Å². The number of ketones is 1. The van der Waals surface area contributed by atoms with Gasteiger partial charge in [0.25, 0.3) is 11.3 Å². The largest absolute Gasteiger partial charge is 0.349 e. The lowest BCUT2D eigenvalue weighted by atomic mass is 10.0. The van der Waals surface area contributed by atoms with E-state index in [1.54, 1.807) is 30.3 Å². The third kappa shape index (κ3) is 4.39. The van der Waals surface area contributed by atoms with Crippen LogP contribution in [-0.4, -0.2) is 20.6 Å². The van der Waals surface area contributed by atoms with Crippen LogP contribution in [0.25, 0.3) is 11.1 Å². The normalized spacial score (nSPS) is 14.2. The van der Waals surface area contributed by atoms with Crippen molar-refractivity contribution in [3.05, 3.63) is 77.6 Å². The number of nitrogens with one attached hydrogen (secondary N) is 1. The minimum absolute atomic E-state index is 0.0372. The van der Waals surface area contributed by atoms with E-state index in [-0.39, 0.29) is 23.2 Å². The molecule has 32 heavy (non-hydrogen) atoms. The smallest absolute Gasteiger partial charge is 0.262 e. The van der Waals surface area contributed by atoms with Crippen LogP contribution in [0, 0.1) is 17.5 Å². The number of carbonyl (C=O) groups excluding carboxylic acids is 1. The quantitative estimate of drug-likeness (QED) is 0.344. The molecule has 0 heterocycles. The summed E-state index contributed by atoms with van der Waals surface area (Å²) in [5, 5.41) is 2.54. The van der Waals surface area contributed by atoms with Gasteiger partial charge < -0.3 is 5.32 Å². The van der Waals surface area contributed by atoms with Crippen molar-refractivity contribution in [1.29, 1.82) is 0 Å². The second kappa shape index (κ2) is 8.76. The maximum Gasteiger partial charge on any atom is 0.262 e. The van der Waals surface area contributed by atoms with Crippen molar-refractivity contribution in [2.24, 2.45) is 0 Å². The molecule has 0 aliphatic heterocycles. The number of hydrogen-bond acceptors (Lipinski definition) is 3. The molecule has 4 rings (SSSR count). The Kier molecular flexibility index (Phi) is 6.03. The highest BCUT2D eigenvalue weighted by molar-refractivity contribution is 7.80. The molecule has 3 aromatic carbocycles. The lowest BCUT2D eigenvalue weighted by Gasteiger charge is -2.23. The molecular formula is C23H19F3N2O3S. The average molecular weight is 460 g/mol. The molecule has 0 bridgehead atoms. The van der Waals surface area contributed by atoms with Crippen LogP contribution in [0.15, 0.2) is 54.6 Å². The Hall–Kier alpha value is -3.17. The summed E-state index contributed by atoms with van der Waals surface area (Å²) < 4.78 is 66.1. The van der Waals surface area contributed by atoms with E-state index in [0.29, 0.717) is 29.5 Å². The predicted octanol–water partition coefficient (Wildman–Crippen LogP) is 5.82. The van der Waals surface area contributed by atoms with Crippen molar-refractivity contribution in [2.45, 2.75) is 25.8 Å². The SMILES string of the molecule is CC(=O)c1cccc(-c2ccc(Nc3c(N(C4CC4)S(=O)O)ccc(F)c3F)c(F)c2)c1. The van der Waals surface area contributed by atoms with Crippen molar-refractivity contribution in [1.82, 2.24) is 0 Å². The number of carbonyl (C=O) groups is 1. The summed E-state index contributed by atoms with van der Waals surface area (Å²) in [6.45, 7) is 1.43. The number of hydrogen-bond donors (Lipinski definition) is 2. The molecule has 0 aromatic heterocycles. The zero-order valence-corrected chi connectivity index (χ0v) is 17.8. The zero-order chi connectivity index (χ0) is 23.0. The van der Waals surface area contributed by atoms with Gasteiger partial charge in [0.05, 0.1) is 11.4 Å². The Morgan fingerprint density at radius 3 is 2.38 bits per heavy atom. The van der Waals surface area contributed by atoms with Crippen LogP contribution >= 0.6 is 0 Å². The predicted molar refractivity (Wildman–Crippen MR) is 118 cm³/mol. The highest BCUT2D eigenvalue weighted by atomic mass is 32.2. The second-order valence-electron chi connectivity index (χ2n) is 7.50. The van der Waals surface area contributed by atoms with Gasteiger partial charge in [-0.25, -0.2) is 17.4 Å². The summed E-state index contributed by atoms with van der Waals surface area (Å²) in [7, 11) is 0. The molecular weight excluding hydrogens is 441 g/mol. The van der Waals surface area contributed by atoms with Crippen LogP contribution in [0.5, 0.6) is 0 Å². The summed E-state index contributed by atoms with van der Waals surface area (Å²) in [6, 6.07) is 12.6. The van der Waals surface area contributed by atoms with E-state index in [1.165, 1.54) is 25.1 Å². The molecule has 1 unspecified atom stereocenters. The minimum atomic E-state index is -2.46. The van der Waals surface area contributed by atoms with Crippen LogP contribution in [0.4, 0.5) is 30.2 Å². The number of halogens is 3. The molecule has 1 atom stereocenters. The van der Waals surface area contributed by atoms with Crippen LogP contribution in [-0.2, 0) is 11.3 Å². The zero-order valence-electron chi connectivity index (χ0n) is 16.9. The third-order valence-corrected chi connectivity index (χ3v) is 6.02. The molecule has 5 nitrogen and oxygen atoms in total. The summed E-state index contributed by atoms with van der Waals surface area (Å²) in [6.07, 6.45) is 1.26. The third-order valence-electron chi connectivity index (χ3n) is 5.19. The van der Waals surface area contributed by atoms with E-state index in [9.17, 15) is 26.7 Å². The lowest BCUT2D eigenvalue weighted by Crippen LogP contribution is -2.28. The van der Waals surface area contributed by atoms with E-state index < -0.39 is 34.4 Å². The number of rotatable bonds is 7. The van der Waals surface area contributed by atoms with Gasteiger partial charge >= 0.3 is 0 Å². The van der Waals surface area contributed by atoms with Crippen LogP contribution in [0.3, 0.4) is 0 Å². The van der Waals surface area contributed by atoms with Gasteiger partial charge in [0.15, 0.2) is 17.4 Å². The highest BCUT2D eigenvalue weighted by Gasteiger charge is 2.35. The number of anilines is 3. The summed E-state index contributed by atoms with van der Waals surface area (Å²) in [5.41, 5.74) is 0.994. The number of nitrogens with zero attached hydrogens (tertiary/aromatic N) is 1. The first-order valence-electron chi connectivity index (χ1n) is 9.82. The molecule has 9 heteroatoms.